The Morgan fingerprint density at radius 3 is 2.29 bits per heavy atom. The van der Waals surface area contributed by atoms with Crippen LogP contribution in [0, 0.1) is 0 Å². The highest BCUT2D eigenvalue weighted by molar-refractivity contribution is 9.11. The first-order valence-electron chi connectivity index (χ1n) is 12.8. The van der Waals surface area contributed by atoms with Crippen LogP contribution in [0.15, 0.2) is 85.0 Å². The van der Waals surface area contributed by atoms with Crippen molar-refractivity contribution in [1.29, 1.82) is 0 Å². The molecule has 1 aromatic heterocycles. The summed E-state index contributed by atoms with van der Waals surface area (Å²) in [6.07, 6.45) is 1.79. The van der Waals surface area contributed by atoms with E-state index in [2.05, 4.69) is 31.9 Å². The minimum absolute atomic E-state index is 0.161. The number of carbonyl (C=O) groups excluding carboxylic acids is 1. The monoisotopic (exact) mass is 712 g/mol. The fourth-order valence-electron chi connectivity index (χ4n) is 4.79. The first-order chi connectivity index (χ1) is 20.3. The normalized spacial score (nSPS) is 14.7. The third kappa shape index (κ3) is 5.56. The number of halogens is 2. The van der Waals surface area contributed by atoms with Crippen molar-refractivity contribution in [2.75, 3.05) is 27.9 Å². The molecule has 4 aromatic rings. The second-order valence-corrected chi connectivity index (χ2v) is 11.8. The smallest absolute Gasteiger partial charge is 0.338 e. The number of methoxy groups -OCH3 is 3. The van der Waals surface area contributed by atoms with E-state index in [1.807, 2.05) is 48.5 Å². The molecule has 2 heterocycles. The van der Waals surface area contributed by atoms with Gasteiger partial charge in [0.15, 0.2) is 16.3 Å². The SMILES string of the molecule is CCOC(=O)C1=C(c2ccccc2)N=c2s/c(=C\c3cc(Br)c(OC)c(Br)c3)c(=O)n2[C@@H]1c1ccc(OC)c(OC)c1. The molecule has 3 aromatic carbocycles. The molecule has 0 aliphatic carbocycles. The molecule has 0 N–H and O–H groups in total. The highest BCUT2D eigenvalue weighted by Crippen LogP contribution is 2.39. The summed E-state index contributed by atoms with van der Waals surface area (Å²) >= 11 is 8.31. The zero-order valence-corrected chi connectivity index (χ0v) is 27.1. The molecule has 11 heteroatoms. The Morgan fingerprint density at radius 1 is 0.976 bits per heavy atom. The zero-order valence-electron chi connectivity index (χ0n) is 23.1. The Balaban J connectivity index is 1.83. The van der Waals surface area contributed by atoms with Gasteiger partial charge in [-0.05, 0) is 80.3 Å². The molecule has 0 unspecified atom stereocenters. The maximum absolute atomic E-state index is 14.1. The van der Waals surface area contributed by atoms with Gasteiger partial charge in [-0.25, -0.2) is 9.79 Å². The van der Waals surface area contributed by atoms with Gasteiger partial charge in [0.05, 0.1) is 58.7 Å². The lowest BCUT2D eigenvalue weighted by atomic mass is 9.93. The molecule has 1 aliphatic heterocycles. The molecule has 0 radical (unpaired) electrons. The number of rotatable bonds is 8. The average Bonchev–Trinajstić information content (AvgIpc) is 3.30. The van der Waals surface area contributed by atoms with Crippen molar-refractivity contribution >= 4 is 60.9 Å². The number of hydrogen-bond donors (Lipinski definition) is 0. The Bertz CT molecular complexity index is 1860. The van der Waals surface area contributed by atoms with E-state index in [9.17, 15) is 9.59 Å². The molecule has 1 aliphatic rings. The van der Waals surface area contributed by atoms with E-state index in [1.54, 1.807) is 43.9 Å². The van der Waals surface area contributed by atoms with Crippen LogP contribution in [-0.2, 0) is 9.53 Å². The number of carbonyl (C=O) groups is 1. The molecule has 5 rings (SSSR count). The summed E-state index contributed by atoms with van der Waals surface area (Å²) in [5.41, 5.74) is 2.54. The van der Waals surface area contributed by atoms with Crippen LogP contribution in [0.3, 0.4) is 0 Å². The summed E-state index contributed by atoms with van der Waals surface area (Å²) in [7, 11) is 4.67. The number of benzene rings is 3. The molecule has 0 bridgehead atoms. The fraction of sp³-hybridized carbons (Fsp3) is 0.194. The van der Waals surface area contributed by atoms with Gasteiger partial charge in [-0.15, -0.1) is 0 Å². The van der Waals surface area contributed by atoms with Crippen molar-refractivity contribution < 1.29 is 23.7 Å². The van der Waals surface area contributed by atoms with Crippen LogP contribution >= 0.6 is 43.2 Å². The van der Waals surface area contributed by atoms with E-state index in [4.69, 9.17) is 23.9 Å². The second-order valence-electron chi connectivity index (χ2n) is 9.06. The van der Waals surface area contributed by atoms with E-state index < -0.39 is 12.0 Å². The molecular weight excluding hydrogens is 688 g/mol. The standard InChI is InChI=1S/C31H26Br2N2O6S/c1-5-41-30(37)25-26(18-9-7-6-8-10-18)34-31-35(27(25)19-11-12-22(38-2)23(16-19)39-3)29(36)24(42-31)15-17-13-20(32)28(40-4)21(33)14-17/h6-16,27H,5H2,1-4H3/b24-15-/t27-/m1/s1. The number of esters is 1. The van der Waals surface area contributed by atoms with Crippen LogP contribution in [0.5, 0.6) is 17.2 Å². The van der Waals surface area contributed by atoms with Crippen molar-refractivity contribution in [2.45, 2.75) is 13.0 Å². The first kappa shape index (κ1) is 29.8. The quantitative estimate of drug-likeness (QED) is 0.225. The van der Waals surface area contributed by atoms with E-state index in [0.29, 0.717) is 37.8 Å². The highest BCUT2D eigenvalue weighted by atomic mass is 79.9. The molecule has 0 amide bonds. The van der Waals surface area contributed by atoms with Gasteiger partial charge in [-0.3, -0.25) is 9.36 Å². The number of aromatic nitrogens is 1. The molecule has 1 atom stereocenters. The lowest BCUT2D eigenvalue weighted by Crippen LogP contribution is -2.40. The van der Waals surface area contributed by atoms with Crippen LogP contribution in [0.4, 0.5) is 0 Å². The summed E-state index contributed by atoms with van der Waals surface area (Å²) in [6.45, 7) is 1.90. The number of hydrogen-bond acceptors (Lipinski definition) is 8. The molecule has 0 saturated carbocycles. The van der Waals surface area contributed by atoms with E-state index in [0.717, 1.165) is 20.1 Å². The largest absolute Gasteiger partial charge is 0.494 e. The van der Waals surface area contributed by atoms with Crippen molar-refractivity contribution in [3.63, 3.8) is 0 Å². The maximum atomic E-state index is 14.1. The van der Waals surface area contributed by atoms with Crippen molar-refractivity contribution in [3.8, 4) is 17.2 Å². The molecule has 8 nitrogen and oxygen atoms in total. The Kier molecular flexibility index (Phi) is 9.00. The first-order valence-corrected chi connectivity index (χ1v) is 15.2. The van der Waals surface area contributed by atoms with Gasteiger partial charge in [-0.2, -0.15) is 0 Å². The summed E-state index contributed by atoms with van der Waals surface area (Å²) in [5.74, 6) is 1.08. The number of fused-ring (bicyclic) bond motifs is 1. The minimum Gasteiger partial charge on any atom is -0.494 e. The summed E-state index contributed by atoms with van der Waals surface area (Å²) in [5, 5.41) is 0. The highest BCUT2D eigenvalue weighted by Gasteiger charge is 2.35. The average molecular weight is 714 g/mol. The van der Waals surface area contributed by atoms with Gasteiger partial charge in [0.25, 0.3) is 5.56 Å². The van der Waals surface area contributed by atoms with Crippen LogP contribution in [0.1, 0.15) is 29.7 Å². The van der Waals surface area contributed by atoms with Gasteiger partial charge in [0.1, 0.15) is 5.75 Å². The van der Waals surface area contributed by atoms with Gasteiger partial charge >= 0.3 is 5.97 Å². The molecule has 216 valence electrons. The van der Waals surface area contributed by atoms with E-state index in [1.165, 1.54) is 18.4 Å². The summed E-state index contributed by atoms with van der Waals surface area (Å²) in [6, 6.07) is 17.6. The van der Waals surface area contributed by atoms with E-state index >= 15 is 0 Å². The number of ether oxygens (including phenoxy) is 4. The third-order valence-corrected chi connectivity index (χ3v) is 8.78. The molecule has 0 spiro atoms. The lowest BCUT2D eigenvalue weighted by Gasteiger charge is -2.26. The topological polar surface area (TPSA) is 88.4 Å². The fourth-order valence-corrected chi connectivity index (χ4v) is 7.33. The van der Waals surface area contributed by atoms with Crippen LogP contribution in [0.25, 0.3) is 11.8 Å². The Morgan fingerprint density at radius 2 is 1.67 bits per heavy atom. The molecule has 0 fully saturated rings. The Hall–Kier alpha value is -3.67. The van der Waals surface area contributed by atoms with Crippen molar-refractivity contribution in [2.24, 2.45) is 4.99 Å². The summed E-state index contributed by atoms with van der Waals surface area (Å²) < 4.78 is 25.4. The van der Waals surface area contributed by atoms with Crippen LogP contribution in [0.2, 0.25) is 0 Å². The summed E-state index contributed by atoms with van der Waals surface area (Å²) in [4.78, 5) is 33.1. The van der Waals surface area contributed by atoms with Gasteiger partial charge < -0.3 is 18.9 Å². The van der Waals surface area contributed by atoms with Gasteiger partial charge in [0, 0.05) is 5.56 Å². The Labute approximate surface area is 262 Å². The van der Waals surface area contributed by atoms with Crippen LogP contribution in [-0.4, -0.2) is 38.5 Å². The zero-order chi connectivity index (χ0) is 30.0. The third-order valence-electron chi connectivity index (χ3n) is 6.62. The second kappa shape index (κ2) is 12.7. The maximum Gasteiger partial charge on any atom is 0.338 e. The van der Waals surface area contributed by atoms with E-state index in [-0.39, 0.29) is 17.7 Å². The minimum atomic E-state index is -0.841. The number of nitrogens with zero attached hydrogens (tertiary/aromatic N) is 2. The predicted molar refractivity (Wildman–Crippen MR) is 169 cm³/mol. The van der Waals surface area contributed by atoms with Crippen molar-refractivity contribution in [1.82, 2.24) is 4.57 Å². The van der Waals surface area contributed by atoms with Crippen molar-refractivity contribution in [3.05, 3.63) is 112 Å². The predicted octanol–water partition coefficient (Wildman–Crippen LogP) is 5.49. The van der Waals surface area contributed by atoms with Gasteiger partial charge in [-0.1, -0.05) is 47.7 Å². The molecule has 0 saturated heterocycles. The number of thiazole rings is 1. The molecule has 42 heavy (non-hydrogen) atoms. The lowest BCUT2D eigenvalue weighted by molar-refractivity contribution is -0.138. The van der Waals surface area contributed by atoms with Gasteiger partial charge in [0.2, 0.25) is 0 Å². The van der Waals surface area contributed by atoms with Crippen LogP contribution < -0.4 is 29.1 Å². The molecular formula is C31H26Br2N2O6S.